The van der Waals surface area contributed by atoms with E-state index in [0.29, 0.717) is 6.54 Å². The summed E-state index contributed by atoms with van der Waals surface area (Å²) in [6.07, 6.45) is -0.0275. The number of rotatable bonds is 3. The van der Waals surface area contributed by atoms with E-state index in [9.17, 15) is 13.6 Å². The standard InChI is InChI=1S/C13H15F2NO/c1-8-6-16-7-11(8)13(17)5-9-4-10(14)2-3-12(9)15/h2-4,8,11,16H,5-7H2,1H3. The third kappa shape index (κ3) is 2.69. The highest BCUT2D eigenvalue weighted by atomic mass is 19.1. The van der Waals surface area contributed by atoms with Crippen LogP contribution in [0.3, 0.4) is 0 Å². The number of nitrogens with one attached hydrogen (secondary N) is 1. The summed E-state index contributed by atoms with van der Waals surface area (Å²) in [5.74, 6) is -0.867. The fraction of sp³-hybridized carbons (Fsp3) is 0.462. The first-order valence-corrected chi connectivity index (χ1v) is 5.75. The second-order valence-corrected chi connectivity index (χ2v) is 4.62. The van der Waals surface area contributed by atoms with Gasteiger partial charge in [0.2, 0.25) is 0 Å². The first-order chi connectivity index (χ1) is 8.08. The van der Waals surface area contributed by atoms with Crippen LogP contribution in [0.5, 0.6) is 0 Å². The SMILES string of the molecule is CC1CNCC1C(=O)Cc1cc(F)ccc1F. The third-order valence-corrected chi connectivity index (χ3v) is 3.30. The highest BCUT2D eigenvalue weighted by Gasteiger charge is 2.29. The van der Waals surface area contributed by atoms with Gasteiger partial charge in [-0.25, -0.2) is 8.78 Å². The van der Waals surface area contributed by atoms with Gasteiger partial charge in [-0.05, 0) is 36.2 Å². The normalized spacial score (nSPS) is 23.9. The molecule has 1 aliphatic rings. The summed E-state index contributed by atoms with van der Waals surface area (Å²) in [4.78, 5) is 12.0. The molecular formula is C13H15F2NO. The average molecular weight is 239 g/mol. The molecule has 0 aliphatic carbocycles. The molecule has 2 nitrogen and oxygen atoms in total. The number of halogens is 2. The molecule has 17 heavy (non-hydrogen) atoms. The molecule has 1 fully saturated rings. The van der Waals surface area contributed by atoms with Crippen LogP contribution in [0.1, 0.15) is 12.5 Å². The molecule has 2 unspecified atom stereocenters. The second-order valence-electron chi connectivity index (χ2n) is 4.62. The van der Waals surface area contributed by atoms with Crippen molar-refractivity contribution in [3.8, 4) is 0 Å². The molecule has 0 aromatic heterocycles. The lowest BCUT2D eigenvalue weighted by Crippen LogP contribution is -2.23. The molecule has 1 aromatic carbocycles. The molecule has 1 saturated heterocycles. The molecule has 4 heteroatoms. The number of ketones is 1. The summed E-state index contributed by atoms with van der Waals surface area (Å²) in [5.41, 5.74) is 0.147. The van der Waals surface area contributed by atoms with Gasteiger partial charge in [-0.15, -0.1) is 0 Å². The van der Waals surface area contributed by atoms with Crippen molar-refractivity contribution in [2.75, 3.05) is 13.1 Å². The number of benzene rings is 1. The Morgan fingerprint density at radius 2 is 2.18 bits per heavy atom. The van der Waals surface area contributed by atoms with Crippen LogP contribution in [-0.2, 0) is 11.2 Å². The van der Waals surface area contributed by atoms with Crippen LogP contribution in [0.15, 0.2) is 18.2 Å². The van der Waals surface area contributed by atoms with Crippen molar-refractivity contribution < 1.29 is 13.6 Å². The van der Waals surface area contributed by atoms with E-state index >= 15 is 0 Å². The minimum absolute atomic E-state index is 0.0213. The van der Waals surface area contributed by atoms with Gasteiger partial charge in [0, 0.05) is 18.9 Å². The van der Waals surface area contributed by atoms with Crippen LogP contribution in [0, 0.1) is 23.5 Å². The smallest absolute Gasteiger partial charge is 0.142 e. The maximum atomic E-state index is 13.4. The van der Waals surface area contributed by atoms with Crippen LogP contribution in [0.25, 0.3) is 0 Å². The first kappa shape index (κ1) is 12.2. The Kier molecular flexibility index (Phi) is 3.52. The zero-order valence-electron chi connectivity index (χ0n) is 9.67. The van der Waals surface area contributed by atoms with Crippen LogP contribution >= 0.6 is 0 Å². The summed E-state index contributed by atoms with van der Waals surface area (Å²) in [6.45, 7) is 3.43. The van der Waals surface area contributed by atoms with E-state index in [1.165, 1.54) is 0 Å². The fourth-order valence-corrected chi connectivity index (χ4v) is 2.24. The number of carbonyl (C=O) groups is 1. The molecule has 0 amide bonds. The van der Waals surface area contributed by atoms with Crippen molar-refractivity contribution in [1.82, 2.24) is 5.32 Å². The van der Waals surface area contributed by atoms with Crippen LogP contribution in [0.4, 0.5) is 8.78 Å². The summed E-state index contributed by atoms with van der Waals surface area (Å²) >= 11 is 0. The van der Waals surface area contributed by atoms with E-state index in [2.05, 4.69) is 5.32 Å². The van der Waals surface area contributed by atoms with Crippen molar-refractivity contribution in [3.05, 3.63) is 35.4 Å². The van der Waals surface area contributed by atoms with Gasteiger partial charge in [0.05, 0.1) is 0 Å². The second kappa shape index (κ2) is 4.92. The first-order valence-electron chi connectivity index (χ1n) is 5.75. The van der Waals surface area contributed by atoms with E-state index in [1.807, 2.05) is 6.92 Å². The summed E-state index contributed by atoms with van der Waals surface area (Å²) in [6, 6.07) is 3.22. The number of carbonyl (C=O) groups excluding carboxylic acids is 1. The topological polar surface area (TPSA) is 29.1 Å². The maximum absolute atomic E-state index is 13.4. The Bertz CT molecular complexity index is 433. The molecule has 92 valence electrons. The van der Waals surface area contributed by atoms with Crippen LogP contribution in [0.2, 0.25) is 0 Å². The Morgan fingerprint density at radius 3 is 2.82 bits per heavy atom. The van der Waals surface area contributed by atoms with Gasteiger partial charge in [0.1, 0.15) is 17.4 Å². The molecule has 2 atom stereocenters. The van der Waals surface area contributed by atoms with E-state index in [-0.39, 0.29) is 29.6 Å². The summed E-state index contributed by atoms with van der Waals surface area (Å²) in [5, 5.41) is 3.13. The molecule has 0 saturated carbocycles. The predicted molar refractivity (Wildman–Crippen MR) is 60.6 cm³/mol. The molecular weight excluding hydrogens is 224 g/mol. The molecule has 1 aromatic rings. The van der Waals surface area contributed by atoms with Gasteiger partial charge in [0.25, 0.3) is 0 Å². The van der Waals surface area contributed by atoms with Crippen molar-refractivity contribution in [2.24, 2.45) is 11.8 Å². The van der Waals surface area contributed by atoms with Crippen molar-refractivity contribution in [1.29, 1.82) is 0 Å². The summed E-state index contributed by atoms with van der Waals surface area (Å²) < 4.78 is 26.3. The van der Waals surface area contributed by atoms with Crippen molar-refractivity contribution >= 4 is 5.78 Å². The monoisotopic (exact) mass is 239 g/mol. The number of Topliss-reactive ketones (excluding diaryl/α,β-unsaturated/α-hetero) is 1. The summed E-state index contributed by atoms with van der Waals surface area (Å²) in [7, 11) is 0. The predicted octanol–water partition coefficient (Wildman–Crippen LogP) is 1.93. The van der Waals surface area contributed by atoms with E-state index < -0.39 is 11.6 Å². The number of hydrogen-bond donors (Lipinski definition) is 1. The lowest BCUT2D eigenvalue weighted by Gasteiger charge is -2.13. The lowest BCUT2D eigenvalue weighted by atomic mass is 9.90. The molecule has 0 bridgehead atoms. The number of hydrogen-bond acceptors (Lipinski definition) is 2. The zero-order valence-corrected chi connectivity index (χ0v) is 9.67. The van der Waals surface area contributed by atoms with Crippen LogP contribution in [-0.4, -0.2) is 18.9 Å². The molecule has 2 rings (SSSR count). The van der Waals surface area contributed by atoms with Crippen LogP contribution < -0.4 is 5.32 Å². The minimum atomic E-state index is -0.515. The lowest BCUT2D eigenvalue weighted by molar-refractivity contribution is -0.122. The van der Waals surface area contributed by atoms with Gasteiger partial charge in [-0.2, -0.15) is 0 Å². The zero-order chi connectivity index (χ0) is 12.4. The van der Waals surface area contributed by atoms with Gasteiger partial charge >= 0.3 is 0 Å². The molecule has 0 radical (unpaired) electrons. The Morgan fingerprint density at radius 1 is 1.41 bits per heavy atom. The Labute approximate surface area is 99.0 Å². The highest BCUT2D eigenvalue weighted by molar-refractivity contribution is 5.84. The third-order valence-electron chi connectivity index (χ3n) is 3.30. The average Bonchev–Trinajstić information content (AvgIpc) is 2.70. The van der Waals surface area contributed by atoms with E-state index in [4.69, 9.17) is 0 Å². The van der Waals surface area contributed by atoms with Crippen molar-refractivity contribution in [2.45, 2.75) is 13.3 Å². The van der Waals surface area contributed by atoms with Crippen molar-refractivity contribution in [3.63, 3.8) is 0 Å². The van der Waals surface area contributed by atoms with Gasteiger partial charge in [0.15, 0.2) is 0 Å². The highest BCUT2D eigenvalue weighted by Crippen LogP contribution is 2.20. The molecule has 0 spiro atoms. The fourth-order valence-electron chi connectivity index (χ4n) is 2.24. The Balaban J connectivity index is 2.10. The molecule has 1 aliphatic heterocycles. The van der Waals surface area contributed by atoms with Gasteiger partial charge in [-0.1, -0.05) is 6.92 Å². The van der Waals surface area contributed by atoms with E-state index in [0.717, 1.165) is 24.7 Å². The Hall–Kier alpha value is -1.29. The van der Waals surface area contributed by atoms with Gasteiger partial charge < -0.3 is 5.32 Å². The van der Waals surface area contributed by atoms with Gasteiger partial charge in [-0.3, -0.25) is 4.79 Å². The molecule has 1 heterocycles. The quantitative estimate of drug-likeness (QED) is 0.873. The largest absolute Gasteiger partial charge is 0.316 e. The van der Waals surface area contributed by atoms with E-state index in [1.54, 1.807) is 0 Å². The minimum Gasteiger partial charge on any atom is -0.316 e. The maximum Gasteiger partial charge on any atom is 0.142 e. The molecule has 1 N–H and O–H groups in total.